The van der Waals surface area contributed by atoms with Gasteiger partial charge in [0.25, 0.3) is 0 Å². The molecule has 4 heteroatoms. The van der Waals surface area contributed by atoms with Crippen LogP contribution >= 0.6 is 0 Å². The molecule has 2 aromatic rings. The van der Waals surface area contributed by atoms with Crippen LogP contribution in [0.2, 0.25) is 0 Å². The molecule has 0 spiro atoms. The smallest absolute Gasteiger partial charge is 0.335 e. The van der Waals surface area contributed by atoms with Crippen molar-refractivity contribution in [2.75, 3.05) is 13.1 Å². The van der Waals surface area contributed by atoms with E-state index in [0.29, 0.717) is 23.6 Å². The number of nitrogens with zero attached hydrogens (tertiary/aromatic N) is 1. The summed E-state index contributed by atoms with van der Waals surface area (Å²) >= 11 is 0. The Morgan fingerprint density at radius 3 is 2.58 bits per heavy atom. The number of carbonyl (C=O) groups is 1. The van der Waals surface area contributed by atoms with Crippen LogP contribution in [0, 0.1) is 0 Å². The average molecular weight is 350 g/mol. The molecule has 4 nitrogen and oxygen atoms in total. The molecule has 4 rings (SSSR count). The lowest BCUT2D eigenvalue weighted by Crippen LogP contribution is -2.43. The zero-order chi connectivity index (χ0) is 17.9. The van der Waals surface area contributed by atoms with Gasteiger partial charge in [0.15, 0.2) is 0 Å². The van der Waals surface area contributed by atoms with Crippen molar-refractivity contribution in [2.24, 2.45) is 0 Å². The largest absolute Gasteiger partial charge is 0.478 e. The third-order valence-electron chi connectivity index (χ3n) is 5.64. The Morgan fingerprint density at radius 1 is 1.08 bits per heavy atom. The molecular formula is C22H26N2O2. The number of hydrogen-bond acceptors (Lipinski definition) is 3. The Bertz CT molecular complexity index is 754. The molecule has 1 aliphatic carbocycles. The molecule has 2 N–H and O–H groups in total. The average Bonchev–Trinajstić information content (AvgIpc) is 3.43. The zero-order valence-electron chi connectivity index (χ0n) is 15.0. The van der Waals surface area contributed by atoms with Crippen molar-refractivity contribution in [2.45, 2.75) is 43.8 Å². The number of carboxylic acids is 1. The molecule has 0 unspecified atom stereocenters. The van der Waals surface area contributed by atoms with Crippen molar-refractivity contribution in [1.82, 2.24) is 10.2 Å². The molecule has 26 heavy (non-hydrogen) atoms. The minimum atomic E-state index is -0.854. The topological polar surface area (TPSA) is 52.6 Å². The van der Waals surface area contributed by atoms with Crippen LogP contribution in [0.4, 0.5) is 0 Å². The van der Waals surface area contributed by atoms with Crippen molar-refractivity contribution in [3.63, 3.8) is 0 Å². The predicted molar refractivity (Wildman–Crippen MR) is 102 cm³/mol. The molecule has 2 aromatic carbocycles. The summed E-state index contributed by atoms with van der Waals surface area (Å²) in [5.41, 5.74) is 2.92. The Kier molecular flexibility index (Phi) is 5.05. The molecule has 2 aliphatic rings. The lowest BCUT2D eigenvalue weighted by molar-refractivity contribution is 0.0696. The van der Waals surface area contributed by atoms with Crippen LogP contribution < -0.4 is 5.32 Å². The summed E-state index contributed by atoms with van der Waals surface area (Å²) in [7, 11) is 0. The highest BCUT2D eigenvalue weighted by molar-refractivity contribution is 5.87. The molecule has 0 bridgehead atoms. The Balaban J connectivity index is 1.24. The molecular weight excluding hydrogens is 324 g/mol. The maximum absolute atomic E-state index is 11.1. The maximum atomic E-state index is 11.1. The molecule has 1 aliphatic heterocycles. The summed E-state index contributed by atoms with van der Waals surface area (Å²) < 4.78 is 0. The van der Waals surface area contributed by atoms with Crippen LogP contribution in [-0.4, -0.2) is 41.1 Å². The van der Waals surface area contributed by atoms with Crippen LogP contribution in [0.5, 0.6) is 0 Å². The highest BCUT2D eigenvalue weighted by atomic mass is 16.4. The number of aromatic carboxylic acids is 1. The monoisotopic (exact) mass is 350 g/mol. The number of piperidine rings is 1. The first kappa shape index (κ1) is 17.3. The van der Waals surface area contributed by atoms with Gasteiger partial charge in [-0.2, -0.15) is 0 Å². The Hall–Kier alpha value is -2.17. The number of benzene rings is 2. The van der Waals surface area contributed by atoms with Crippen LogP contribution in [0.1, 0.15) is 46.7 Å². The summed E-state index contributed by atoms with van der Waals surface area (Å²) in [6.07, 6.45) is 3.58. The van der Waals surface area contributed by atoms with Gasteiger partial charge in [0.2, 0.25) is 0 Å². The second-order valence-electron chi connectivity index (χ2n) is 7.58. The van der Waals surface area contributed by atoms with E-state index in [1.54, 1.807) is 12.1 Å². The van der Waals surface area contributed by atoms with E-state index in [2.05, 4.69) is 40.5 Å². The minimum Gasteiger partial charge on any atom is -0.478 e. The molecule has 136 valence electrons. The molecule has 2 fully saturated rings. The third-order valence-corrected chi connectivity index (χ3v) is 5.64. The summed E-state index contributed by atoms with van der Waals surface area (Å²) in [5.74, 6) is -0.167. The molecule has 1 heterocycles. The van der Waals surface area contributed by atoms with E-state index in [1.807, 2.05) is 12.1 Å². The summed E-state index contributed by atoms with van der Waals surface area (Å²) in [6, 6.07) is 19.4. The second kappa shape index (κ2) is 7.60. The van der Waals surface area contributed by atoms with Gasteiger partial charge >= 0.3 is 5.97 Å². The fourth-order valence-electron chi connectivity index (χ4n) is 4.07. The molecule has 0 amide bonds. The molecule has 1 saturated carbocycles. The molecule has 2 atom stereocenters. The van der Waals surface area contributed by atoms with Gasteiger partial charge in [-0.25, -0.2) is 4.79 Å². The van der Waals surface area contributed by atoms with Crippen LogP contribution in [-0.2, 0) is 6.54 Å². The van der Waals surface area contributed by atoms with Crippen molar-refractivity contribution >= 4 is 5.97 Å². The summed E-state index contributed by atoms with van der Waals surface area (Å²) in [5, 5.41) is 13.0. The quantitative estimate of drug-likeness (QED) is 0.837. The van der Waals surface area contributed by atoms with E-state index in [1.165, 1.54) is 12.0 Å². The first-order valence-electron chi connectivity index (χ1n) is 9.54. The van der Waals surface area contributed by atoms with E-state index in [-0.39, 0.29) is 0 Å². The van der Waals surface area contributed by atoms with Gasteiger partial charge in [-0.1, -0.05) is 42.5 Å². The van der Waals surface area contributed by atoms with Crippen molar-refractivity contribution in [1.29, 1.82) is 0 Å². The van der Waals surface area contributed by atoms with E-state index in [9.17, 15) is 4.79 Å². The minimum absolute atomic E-state index is 0.375. The van der Waals surface area contributed by atoms with Crippen LogP contribution in [0.25, 0.3) is 0 Å². The normalized spacial score (nSPS) is 23.7. The fourth-order valence-corrected chi connectivity index (χ4v) is 4.07. The Labute approximate surface area is 154 Å². The second-order valence-corrected chi connectivity index (χ2v) is 7.58. The third kappa shape index (κ3) is 4.14. The van der Waals surface area contributed by atoms with Crippen LogP contribution in [0.3, 0.4) is 0 Å². The van der Waals surface area contributed by atoms with Gasteiger partial charge in [-0.15, -0.1) is 0 Å². The van der Waals surface area contributed by atoms with E-state index < -0.39 is 5.97 Å². The van der Waals surface area contributed by atoms with Gasteiger partial charge in [-0.3, -0.25) is 4.90 Å². The molecule has 0 radical (unpaired) electrons. The number of carboxylic acid groups (broad SMARTS) is 1. The van der Waals surface area contributed by atoms with E-state index in [0.717, 1.165) is 38.0 Å². The molecule has 1 saturated heterocycles. The SMILES string of the molecule is O=C(O)c1cccc(CN2CCC(N[C@@H]3C[C@H]3c3ccccc3)CC2)c1. The van der Waals surface area contributed by atoms with Gasteiger partial charge in [0.1, 0.15) is 0 Å². The van der Waals surface area contributed by atoms with Gasteiger partial charge in [-0.05, 0) is 55.6 Å². The standard InChI is InChI=1S/C22H26N2O2/c25-22(26)18-8-4-5-16(13-18)15-24-11-9-19(10-12-24)23-21-14-20(21)17-6-2-1-3-7-17/h1-8,13,19-21,23H,9-12,14-15H2,(H,25,26)/t20-,21+/m0/s1. The number of likely N-dealkylation sites (tertiary alicyclic amines) is 1. The highest BCUT2D eigenvalue weighted by Gasteiger charge is 2.39. The first-order chi connectivity index (χ1) is 12.7. The van der Waals surface area contributed by atoms with E-state index in [4.69, 9.17) is 5.11 Å². The van der Waals surface area contributed by atoms with Gasteiger partial charge in [0.05, 0.1) is 5.56 Å². The van der Waals surface area contributed by atoms with Crippen molar-refractivity contribution < 1.29 is 9.90 Å². The number of hydrogen-bond donors (Lipinski definition) is 2. The van der Waals surface area contributed by atoms with Crippen molar-refractivity contribution in [3.8, 4) is 0 Å². The fraction of sp³-hybridized carbons (Fsp3) is 0.409. The first-order valence-corrected chi connectivity index (χ1v) is 9.54. The summed E-state index contributed by atoms with van der Waals surface area (Å²) in [6.45, 7) is 2.97. The van der Waals surface area contributed by atoms with Crippen LogP contribution in [0.15, 0.2) is 54.6 Å². The summed E-state index contributed by atoms with van der Waals surface area (Å²) in [4.78, 5) is 13.5. The van der Waals surface area contributed by atoms with Gasteiger partial charge < -0.3 is 10.4 Å². The lowest BCUT2D eigenvalue weighted by atomic mass is 10.0. The molecule has 0 aromatic heterocycles. The van der Waals surface area contributed by atoms with E-state index >= 15 is 0 Å². The predicted octanol–water partition coefficient (Wildman–Crippen LogP) is 3.49. The van der Waals surface area contributed by atoms with Gasteiger partial charge in [0, 0.05) is 24.5 Å². The highest BCUT2D eigenvalue weighted by Crippen LogP contribution is 2.41. The lowest BCUT2D eigenvalue weighted by Gasteiger charge is -2.32. The van der Waals surface area contributed by atoms with Crippen molar-refractivity contribution in [3.05, 3.63) is 71.3 Å². The zero-order valence-corrected chi connectivity index (χ0v) is 15.0. The maximum Gasteiger partial charge on any atom is 0.335 e. The Morgan fingerprint density at radius 2 is 1.85 bits per heavy atom. The number of rotatable bonds is 6. The number of nitrogens with one attached hydrogen (secondary N) is 1.